The van der Waals surface area contributed by atoms with Crippen LogP contribution in [-0.2, 0) is 17.1 Å². The average Bonchev–Trinajstić information content (AvgIpc) is 2.07. The molecule has 0 spiro atoms. The van der Waals surface area contributed by atoms with Crippen molar-refractivity contribution in [3.8, 4) is 0 Å². The summed E-state index contributed by atoms with van der Waals surface area (Å²) in [6, 6.07) is 5.80. The maximum Gasteiger partial charge on any atom is 1.00 e. The van der Waals surface area contributed by atoms with Gasteiger partial charge in [0.25, 0.3) is 0 Å². The zero-order chi connectivity index (χ0) is 7.94. The van der Waals surface area contributed by atoms with Crippen molar-refractivity contribution >= 4 is 6.21 Å². The molecule has 0 unspecified atom stereocenters. The fourth-order valence-electron chi connectivity index (χ4n) is 0.740. The van der Waals surface area contributed by atoms with E-state index in [1.807, 2.05) is 24.4 Å². The first-order valence-corrected chi connectivity index (χ1v) is 3.84. The number of aliphatic imine (C=N–C) groups is 1. The number of hydrogen-bond acceptors (Lipinski definition) is 2. The van der Waals surface area contributed by atoms with Crippen LogP contribution in [0.4, 0.5) is 0 Å². The third-order valence-electron chi connectivity index (χ3n) is 1.26. The van der Waals surface area contributed by atoms with Crippen molar-refractivity contribution in [2.24, 2.45) is 4.99 Å². The van der Waals surface area contributed by atoms with Gasteiger partial charge in [0.1, 0.15) is 0 Å². The molecule has 0 saturated heterocycles. The van der Waals surface area contributed by atoms with Crippen molar-refractivity contribution in [2.45, 2.75) is 13.3 Å². The van der Waals surface area contributed by atoms with Crippen LogP contribution >= 0.6 is 0 Å². The van der Waals surface area contributed by atoms with E-state index in [-0.39, 0.29) is 34.1 Å². The van der Waals surface area contributed by atoms with Gasteiger partial charge in [-0.05, 0) is 18.6 Å². The van der Waals surface area contributed by atoms with Gasteiger partial charge in [-0.1, -0.05) is 13.0 Å². The van der Waals surface area contributed by atoms with Crippen LogP contribution in [0, 0.1) is 0 Å². The average molecular weight is 292 g/mol. The van der Waals surface area contributed by atoms with Crippen LogP contribution in [0.3, 0.4) is 0 Å². The first-order chi connectivity index (χ1) is 5.43. The van der Waals surface area contributed by atoms with Gasteiger partial charge in [-0.3, -0.25) is 9.98 Å². The van der Waals surface area contributed by atoms with Crippen LogP contribution in [0.25, 0.3) is 0 Å². The topological polar surface area (TPSA) is 25.2 Å². The molecule has 4 heteroatoms. The molecule has 1 aromatic rings. The molecule has 0 amide bonds. The molecule has 1 aromatic heterocycles. The number of nitrogens with zero attached hydrogens (tertiary/aromatic N) is 2. The predicted molar refractivity (Wildman–Crippen MR) is 47.0 cm³/mol. The Balaban J connectivity index is 0. The minimum absolute atomic E-state index is 0. The Kier molecular flexibility index (Phi) is 11.7. The minimum atomic E-state index is 0. The molecule has 0 N–H and O–H groups in total. The van der Waals surface area contributed by atoms with Gasteiger partial charge >= 0.3 is 17.1 Å². The summed E-state index contributed by atoms with van der Waals surface area (Å²) in [5, 5.41) is 0. The summed E-state index contributed by atoms with van der Waals surface area (Å²) in [5.41, 5.74) is 0.931. The molecule has 0 aromatic carbocycles. The normalized spacial score (nSPS) is 9.00. The van der Waals surface area contributed by atoms with Crippen molar-refractivity contribution < 1.29 is 34.1 Å². The summed E-state index contributed by atoms with van der Waals surface area (Å²) >= 11 is 0. The fraction of sp³-hybridized carbons (Fsp3) is 0.333. The second-order valence-corrected chi connectivity index (χ2v) is 2.29. The van der Waals surface area contributed by atoms with Crippen molar-refractivity contribution in [3.05, 3.63) is 30.1 Å². The summed E-state index contributed by atoms with van der Waals surface area (Å²) in [6.45, 7) is 2.99. The van der Waals surface area contributed by atoms with Crippen molar-refractivity contribution in [3.63, 3.8) is 0 Å². The van der Waals surface area contributed by atoms with Crippen molar-refractivity contribution in [1.29, 1.82) is 0 Å². The summed E-state index contributed by atoms with van der Waals surface area (Å²) in [4.78, 5) is 8.27. The second-order valence-electron chi connectivity index (χ2n) is 2.29. The van der Waals surface area contributed by atoms with Gasteiger partial charge < -0.3 is 17.0 Å². The van der Waals surface area contributed by atoms with Crippen molar-refractivity contribution in [2.75, 3.05) is 6.54 Å². The van der Waals surface area contributed by atoms with Gasteiger partial charge in [-0.2, -0.15) is 0 Å². The third-order valence-corrected chi connectivity index (χ3v) is 1.26. The van der Waals surface area contributed by atoms with E-state index >= 15 is 0 Å². The number of pyridine rings is 1. The van der Waals surface area contributed by atoms with Crippen LogP contribution in [0.1, 0.15) is 19.0 Å². The molecule has 0 aliphatic rings. The van der Waals surface area contributed by atoms with Crippen LogP contribution in [0.5, 0.6) is 0 Å². The van der Waals surface area contributed by atoms with E-state index in [0.717, 1.165) is 18.7 Å². The number of halogens is 1. The molecule has 0 bridgehead atoms. The van der Waals surface area contributed by atoms with E-state index in [0.29, 0.717) is 0 Å². The zero-order valence-corrected chi connectivity index (χ0v) is 9.90. The maximum atomic E-state index is 4.17. The van der Waals surface area contributed by atoms with Gasteiger partial charge in [0.2, 0.25) is 0 Å². The summed E-state index contributed by atoms with van der Waals surface area (Å²) in [7, 11) is 0. The van der Waals surface area contributed by atoms with E-state index in [2.05, 4.69) is 16.9 Å². The Morgan fingerprint density at radius 2 is 2.23 bits per heavy atom. The van der Waals surface area contributed by atoms with Crippen LogP contribution in [-0.4, -0.2) is 17.7 Å². The summed E-state index contributed by atoms with van der Waals surface area (Å²) in [5.74, 6) is 0. The molecule has 0 aliphatic carbocycles. The van der Waals surface area contributed by atoms with Crippen LogP contribution in [0.2, 0.25) is 0 Å². The van der Waals surface area contributed by atoms with Gasteiger partial charge in [0.15, 0.2) is 0 Å². The number of hydrogen-bond donors (Lipinski definition) is 0. The third kappa shape index (κ3) is 6.93. The molecule has 0 radical (unpaired) electrons. The molecule has 0 saturated carbocycles. The Bertz CT molecular complexity index is 226. The Morgan fingerprint density at radius 3 is 2.77 bits per heavy atom. The molecule has 0 atom stereocenters. The number of aromatic nitrogens is 1. The first-order valence-electron chi connectivity index (χ1n) is 3.84. The van der Waals surface area contributed by atoms with Gasteiger partial charge in [-0.15, -0.1) is 0 Å². The first kappa shape index (κ1) is 15.3. The predicted octanol–water partition coefficient (Wildman–Crippen LogP) is -1.09. The molecule has 0 aliphatic heterocycles. The maximum absolute atomic E-state index is 4.17. The van der Waals surface area contributed by atoms with E-state index < -0.39 is 0 Å². The SMILES string of the molecule is CCCN=Cc1ccccn1.[Br-].[Cu+]. The van der Waals surface area contributed by atoms with E-state index in [4.69, 9.17) is 0 Å². The molecule has 13 heavy (non-hydrogen) atoms. The van der Waals surface area contributed by atoms with Gasteiger partial charge in [0, 0.05) is 19.0 Å². The molecule has 2 nitrogen and oxygen atoms in total. The molecule has 1 rings (SSSR count). The van der Waals surface area contributed by atoms with Crippen molar-refractivity contribution in [1.82, 2.24) is 4.98 Å². The molecular weight excluding hydrogens is 280 g/mol. The van der Waals surface area contributed by atoms with E-state index in [1.54, 1.807) is 6.20 Å². The molecule has 0 fully saturated rings. The summed E-state index contributed by atoms with van der Waals surface area (Å²) < 4.78 is 0. The summed E-state index contributed by atoms with van der Waals surface area (Å²) in [6.07, 6.45) is 4.67. The Hall–Kier alpha value is -0.181. The minimum Gasteiger partial charge on any atom is -1.00 e. The van der Waals surface area contributed by atoms with E-state index in [9.17, 15) is 0 Å². The largest absolute Gasteiger partial charge is 1.00 e. The smallest absolute Gasteiger partial charge is 1.00 e. The van der Waals surface area contributed by atoms with Gasteiger partial charge in [-0.25, -0.2) is 0 Å². The standard InChI is InChI=1S/C9H12N2.BrH.Cu/c1-2-6-10-8-9-5-3-4-7-11-9;;/h3-5,7-8H,2,6H2,1H3;1H;/q;;+1/p-1. The number of rotatable bonds is 3. The van der Waals surface area contributed by atoms with Crippen LogP contribution < -0.4 is 17.0 Å². The Morgan fingerprint density at radius 1 is 1.46 bits per heavy atom. The zero-order valence-electron chi connectivity index (χ0n) is 7.37. The second kappa shape index (κ2) is 9.90. The molecular formula is C9H12BrCuN2. The Labute approximate surface area is 100 Å². The van der Waals surface area contributed by atoms with E-state index in [1.165, 1.54) is 0 Å². The van der Waals surface area contributed by atoms with Crippen LogP contribution in [0.15, 0.2) is 29.4 Å². The molecule has 1 heterocycles. The monoisotopic (exact) mass is 290 g/mol. The fourth-order valence-corrected chi connectivity index (χ4v) is 0.740. The molecule has 76 valence electrons. The quantitative estimate of drug-likeness (QED) is 0.513. The van der Waals surface area contributed by atoms with Gasteiger partial charge in [0.05, 0.1) is 5.69 Å².